The van der Waals surface area contributed by atoms with Gasteiger partial charge in [-0.1, -0.05) is 60.7 Å². The molecule has 1 N–H and O–H groups in total. The Balaban J connectivity index is 1.86. The molecule has 0 atom stereocenters. The molecule has 0 fully saturated rings. The van der Waals surface area contributed by atoms with Gasteiger partial charge in [0, 0.05) is 28.3 Å². The second kappa shape index (κ2) is 8.08. The van der Waals surface area contributed by atoms with Gasteiger partial charge in [-0.2, -0.15) is 0 Å². The van der Waals surface area contributed by atoms with Gasteiger partial charge in [0.25, 0.3) is 0 Å². The van der Waals surface area contributed by atoms with Gasteiger partial charge in [0.1, 0.15) is 5.82 Å². The van der Waals surface area contributed by atoms with Crippen molar-refractivity contribution >= 4 is 11.3 Å². The molecule has 0 aliphatic heterocycles. The van der Waals surface area contributed by atoms with Crippen LogP contribution in [0.25, 0.3) is 39.0 Å². The highest BCUT2D eigenvalue weighted by atomic mass is 32.1. The van der Waals surface area contributed by atoms with Gasteiger partial charge < -0.3 is 9.84 Å². The first-order valence-corrected chi connectivity index (χ1v) is 10.6. The fourth-order valence-corrected chi connectivity index (χ4v) is 4.25. The second-order valence-electron chi connectivity index (χ2n) is 6.90. The Labute approximate surface area is 183 Å². The van der Waals surface area contributed by atoms with E-state index in [0.717, 1.165) is 39.0 Å². The lowest BCUT2D eigenvalue weighted by atomic mass is 10.0. The molecule has 31 heavy (non-hydrogen) atoms. The Morgan fingerprint density at radius 1 is 0.871 bits per heavy atom. The standard InChI is InChI=1S/C25H19N3O2S/c1-30-21-16-19(12-13-20(21)29)24-27-22(17-8-4-2-5-9-17)23(18-10-6-3-7-11-18)28(24)25-26-14-15-31-25/h2-16,29H,1H3. The molecule has 152 valence electrons. The number of nitrogens with zero attached hydrogens (tertiary/aromatic N) is 3. The van der Waals surface area contributed by atoms with E-state index >= 15 is 0 Å². The quantitative estimate of drug-likeness (QED) is 0.373. The topological polar surface area (TPSA) is 60.2 Å². The Hall–Kier alpha value is -3.90. The van der Waals surface area contributed by atoms with Gasteiger partial charge in [-0.15, -0.1) is 11.3 Å². The van der Waals surface area contributed by atoms with Crippen molar-refractivity contribution in [3.05, 3.63) is 90.4 Å². The van der Waals surface area contributed by atoms with Crippen molar-refractivity contribution in [3.63, 3.8) is 0 Å². The van der Waals surface area contributed by atoms with Gasteiger partial charge in [0.15, 0.2) is 16.6 Å². The molecule has 0 bridgehead atoms. The summed E-state index contributed by atoms with van der Waals surface area (Å²) >= 11 is 1.55. The lowest BCUT2D eigenvalue weighted by Gasteiger charge is -2.11. The highest BCUT2D eigenvalue weighted by Crippen LogP contribution is 2.40. The van der Waals surface area contributed by atoms with Crippen LogP contribution in [0.2, 0.25) is 0 Å². The van der Waals surface area contributed by atoms with Crippen LogP contribution < -0.4 is 4.74 Å². The SMILES string of the molecule is COc1cc(-c2nc(-c3ccccc3)c(-c3ccccc3)n2-c2nccs2)ccc1O. The minimum Gasteiger partial charge on any atom is -0.504 e. The first kappa shape index (κ1) is 19.1. The maximum absolute atomic E-state index is 10.1. The summed E-state index contributed by atoms with van der Waals surface area (Å²) in [5, 5.41) is 12.9. The summed E-state index contributed by atoms with van der Waals surface area (Å²) in [6.45, 7) is 0. The van der Waals surface area contributed by atoms with E-state index < -0.39 is 0 Å². The number of rotatable bonds is 5. The molecule has 5 nitrogen and oxygen atoms in total. The monoisotopic (exact) mass is 425 g/mol. The number of aromatic hydroxyl groups is 1. The number of methoxy groups -OCH3 is 1. The van der Waals surface area contributed by atoms with Crippen LogP contribution >= 0.6 is 11.3 Å². The average molecular weight is 426 g/mol. The largest absolute Gasteiger partial charge is 0.504 e. The van der Waals surface area contributed by atoms with Crippen LogP contribution in [0.15, 0.2) is 90.4 Å². The van der Waals surface area contributed by atoms with Gasteiger partial charge in [-0.3, -0.25) is 4.57 Å². The lowest BCUT2D eigenvalue weighted by Crippen LogP contribution is -2.00. The molecule has 0 saturated carbocycles. The Morgan fingerprint density at radius 2 is 1.58 bits per heavy atom. The number of hydrogen-bond donors (Lipinski definition) is 1. The Bertz CT molecular complexity index is 1310. The van der Waals surface area contributed by atoms with E-state index in [1.165, 1.54) is 7.11 Å². The minimum atomic E-state index is 0.0881. The molecule has 3 aromatic carbocycles. The van der Waals surface area contributed by atoms with Crippen LogP contribution in [-0.2, 0) is 0 Å². The fraction of sp³-hybridized carbons (Fsp3) is 0.0400. The number of aromatic nitrogens is 3. The zero-order valence-corrected chi connectivity index (χ0v) is 17.6. The summed E-state index contributed by atoms with van der Waals surface area (Å²) in [6, 6.07) is 25.6. The van der Waals surface area contributed by atoms with E-state index in [4.69, 9.17) is 9.72 Å². The second-order valence-corrected chi connectivity index (χ2v) is 7.77. The van der Waals surface area contributed by atoms with E-state index in [-0.39, 0.29) is 5.75 Å². The number of benzene rings is 3. The predicted octanol–water partition coefficient (Wildman–Crippen LogP) is 6.04. The van der Waals surface area contributed by atoms with Crippen LogP contribution in [0.1, 0.15) is 0 Å². The highest BCUT2D eigenvalue weighted by molar-refractivity contribution is 7.12. The maximum Gasteiger partial charge on any atom is 0.195 e. The van der Waals surface area contributed by atoms with E-state index in [2.05, 4.69) is 33.8 Å². The van der Waals surface area contributed by atoms with Crippen LogP contribution in [0.4, 0.5) is 0 Å². The summed E-state index contributed by atoms with van der Waals surface area (Å²) in [4.78, 5) is 9.67. The van der Waals surface area contributed by atoms with Crippen LogP contribution in [0.3, 0.4) is 0 Å². The predicted molar refractivity (Wildman–Crippen MR) is 124 cm³/mol. The van der Waals surface area contributed by atoms with Crippen molar-refractivity contribution in [3.8, 4) is 50.5 Å². The van der Waals surface area contributed by atoms with Crippen molar-refractivity contribution < 1.29 is 9.84 Å². The Morgan fingerprint density at radius 3 is 2.23 bits per heavy atom. The molecule has 0 unspecified atom stereocenters. The van der Waals surface area contributed by atoms with Crippen LogP contribution in [-0.4, -0.2) is 26.8 Å². The first-order valence-electron chi connectivity index (χ1n) is 9.77. The number of ether oxygens (including phenoxy) is 1. The number of imidazole rings is 1. The summed E-state index contributed by atoms with van der Waals surface area (Å²) in [7, 11) is 1.54. The highest BCUT2D eigenvalue weighted by Gasteiger charge is 2.24. The minimum absolute atomic E-state index is 0.0881. The summed E-state index contributed by atoms with van der Waals surface area (Å²) in [5.41, 5.74) is 4.71. The molecule has 0 aliphatic carbocycles. The molecule has 6 heteroatoms. The van der Waals surface area contributed by atoms with Gasteiger partial charge in [0.2, 0.25) is 0 Å². The fourth-order valence-electron chi connectivity index (χ4n) is 3.60. The smallest absolute Gasteiger partial charge is 0.195 e. The van der Waals surface area contributed by atoms with E-state index in [0.29, 0.717) is 5.75 Å². The molecule has 0 amide bonds. The molecule has 2 heterocycles. The molecule has 5 rings (SSSR count). The number of phenolic OH excluding ortho intramolecular Hbond substituents is 1. The molecular weight excluding hydrogens is 406 g/mol. The molecular formula is C25H19N3O2S. The van der Waals surface area contributed by atoms with Crippen molar-refractivity contribution in [2.75, 3.05) is 7.11 Å². The third kappa shape index (κ3) is 3.47. The summed E-state index contributed by atoms with van der Waals surface area (Å²) in [6.07, 6.45) is 1.79. The van der Waals surface area contributed by atoms with Crippen molar-refractivity contribution in [2.45, 2.75) is 0 Å². The molecule has 2 aromatic heterocycles. The number of hydrogen-bond acceptors (Lipinski definition) is 5. The zero-order valence-electron chi connectivity index (χ0n) is 16.8. The Kier molecular flexibility index (Phi) is 4.98. The first-order chi connectivity index (χ1) is 15.3. The molecule has 0 spiro atoms. The number of thiazole rings is 1. The number of phenols is 1. The summed E-state index contributed by atoms with van der Waals surface area (Å²) < 4.78 is 7.42. The van der Waals surface area contributed by atoms with Crippen molar-refractivity contribution in [2.24, 2.45) is 0 Å². The van der Waals surface area contributed by atoms with Gasteiger partial charge in [-0.05, 0) is 18.2 Å². The van der Waals surface area contributed by atoms with Gasteiger partial charge in [0.05, 0.1) is 18.5 Å². The van der Waals surface area contributed by atoms with Crippen molar-refractivity contribution in [1.29, 1.82) is 0 Å². The van der Waals surface area contributed by atoms with E-state index in [9.17, 15) is 5.11 Å². The van der Waals surface area contributed by atoms with Crippen LogP contribution in [0.5, 0.6) is 11.5 Å². The lowest BCUT2D eigenvalue weighted by molar-refractivity contribution is 0.373. The zero-order chi connectivity index (χ0) is 21.2. The molecule has 0 aliphatic rings. The van der Waals surface area contributed by atoms with Crippen LogP contribution in [0, 0.1) is 0 Å². The van der Waals surface area contributed by atoms with Gasteiger partial charge >= 0.3 is 0 Å². The molecule has 5 aromatic rings. The van der Waals surface area contributed by atoms with E-state index in [1.54, 1.807) is 29.7 Å². The maximum atomic E-state index is 10.1. The normalized spacial score (nSPS) is 10.9. The average Bonchev–Trinajstić information content (AvgIpc) is 3.48. The van der Waals surface area contributed by atoms with E-state index in [1.807, 2.05) is 47.8 Å². The third-order valence-electron chi connectivity index (χ3n) is 5.02. The molecule has 0 radical (unpaired) electrons. The van der Waals surface area contributed by atoms with Gasteiger partial charge in [-0.25, -0.2) is 9.97 Å². The third-order valence-corrected chi connectivity index (χ3v) is 5.78. The summed E-state index contributed by atoms with van der Waals surface area (Å²) in [5.74, 6) is 1.21. The molecule has 0 saturated heterocycles. The van der Waals surface area contributed by atoms with Crippen molar-refractivity contribution in [1.82, 2.24) is 14.5 Å².